The lowest BCUT2D eigenvalue weighted by molar-refractivity contribution is 0.148. The zero-order valence-electron chi connectivity index (χ0n) is 11.2. The van der Waals surface area contributed by atoms with Crippen molar-refractivity contribution in [1.29, 1.82) is 0 Å². The fourth-order valence-corrected chi connectivity index (χ4v) is 3.50. The highest BCUT2D eigenvalue weighted by Crippen LogP contribution is 2.34. The molecule has 0 spiro atoms. The highest BCUT2D eigenvalue weighted by atomic mass is 19.1. The molecule has 2 heterocycles. The maximum Gasteiger partial charge on any atom is 0.130 e. The molecule has 2 nitrogen and oxygen atoms in total. The van der Waals surface area contributed by atoms with Crippen LogP contribution in [0.3, 0.4) is 0 Å². The molecule has 3 rings (SSSR count). The number of nitrogens with one attached hydrogen (secondary N) is 1. The van der Waals surface area contributed by atoms with Crippen LogP contribution < -0.4 is 5.32 Å². The highest BCUT2D eigenvalue weighted by Gasteiger charge is 2.38. The average molecular weight is 266 g/mol. The maximum absolute atomic E-state index is 13.5. The van der Waals surface area contributed by atoms with Crippen molar-refractivity contribution in [1.82, 2.24) is 10.2 Å². The van der Waals surface area contributed by atoms with E-state index >= 15 is 0 Å². The van der Waals surface area contributed by atoms with Crippen molar-refractivity contribution < 1.29 is 8.78 Å². The Morgan fingerprint density at radius 2 is 1.89 bits per heavy atom. The molecular weight excluding hydrogens is 246 g/mol. The van der Waals surface area contributed by atoms with Gasteiger partial charge in [0.05, 0.1) is 0 Å². The molecule has 2 aliphatic rings. The molecule has 0 aromatic heterocycles. The zero-order valence-corrected chi connectivity index (χ0v) is 11.2. The molecule has 2 saturated heterocycles. The second-order valence-corrected chi connectivity index (χ2v) is 5.84. The third kappa shape index (κ3) is 2.65. The molecule has 19 heavy (non-hydrogen) atoms. The average Bonchev–Trinajstić information content (AvgIpc) is 2.62. The normalized spacial score (nSPS) is 30.8. The van der Waals surface area contributed by atoms with Crippen LogP contribution in [0.4, 0.5) is 8.78 Å². The predicted molar refractivity (Wildman–Crippen MR) is 70.8 cm³/mol. The topological polar surface area (TPSA) is 15.3 Å². The number of nitrogens with zero attached hydrogens (tertiary/aromatic N) is 1. The smallest absolute Gasteiger partial charge is 0.130 e. The first-order chi connectivity index (χ1) is 9.13. The Labute approximate surface area is 112 Å². The lowest BCUT2D eigenvalue weighted by atomic mass is 9.98. The Hall–Kier alpha value is -1.00. The van der Waals surface area contributed by atoms with Crippen LogP contribution in [0.5, 0.6) is 0 Å². The summed E-state index contributed by atoms with van der Waals surface area (Å²) in [7, 11) is 2.21. The fourth-order valence-electron chi connectivity index (χ4n) is 3.50. The van der Waals surface area contributed by atoms with Gasteiger partial charge in [0.25, 0.3) is 0 Å². The quantitative estimate of drug-likeness (QED) is 0.905. The number of rotatable bonds is 3. The van der Waals surface area contributed by atoms with Crippen molar-refractivity contribution in [3.63, 3.8) is 0 Å². The molecule has 0 radical (unpaired) electrons. The van der Waals surface area contributed by atoms with E-state index in [1.165, 1.54) is 25.0 Å². The largest absolute Gasteiger partial charge is 0.310 e. The van der Waals surface area contributed by atoms with Gasteiger partial charge in [-0.05, 0) is 38.8 Å². The third-order valence-electron chi connectivity index (χ3n) is 4.69. The lowest BCUT2D eigenvalue weighted by Gasteiger charge is -2.36. The van der Waals surface area contributed by atoms with E-state index in [1.807, 2.05) is 0 Å². The van der Waals surface area contributed by atoms with Gasteiger partial charge in [-0.25, -0.2) is 8.78 Å². The van der Waals surface area contributed by atoms with Crippen LogP contribution in [0.15, 0.2) is 18.2 Å². The first-order valence-electron chi connectivity index (χ1n) is 7.02. The van der Waals surface area contributed by atoms with Gasteiger partial charge < -0.3 is 10.2 Å². The van der Waals surface area contributed by atoms with Gasteiger partial charge in [0.1, 0.15) is 11.6 Å². The summed E-state index contributed by atoms with van der Waals surface area (Å²) in [5.74, 6) is -0.970. The number of hydrogen-bond donors (Lipinski definition) is 1. The maximum atomic E-state index is 13.5. The van der Waals surface area contributed by atoms with Crippen LogP contribution in [0, 0.1) is 11.6 Å². The lowest BCUT2D eigenvalue weighted by Crippen LogP contribution is -2.47. The van der Waals surface area contributed by atoms with E-state index in [0.29, 0.717) is 30.2 Å². The van der Waals surface area contributed by atoms with E-state index in [1.54, 1.807) is 0 Å². The van der Waals surface area contributed by atoms with Crippen LogP contribution in [0.2, 0.25) is 0 Å². The van der Waals surface area contributed by atoms with Crippen LogP contribution >= 0.6 is 0 Å². The molecule has 0 saturated carbocycles. The molecule has 1 aromatic rings. The number of halogens is 2. The second-order valence-electron chi connectivity index (χ2n) is 5.84. The molecule has 1 N–H and O–H groups in total. The van der Waals surface area contributed by atoms with Crippen molar-refractivity contribution in [2.24, 2.45) is 0 Å². The Bertz CT molecular complexity index is 449. The first kappa shape index (κ1) is 13.0. The summed E-state index contributed by atoms with van der Waals surface area (Å²) in [6.45, 7) is 0.486. The van der Waals surface area contributed by atoms with Crippen molar-refractivity contribution in [3.8, 4) is 0 Å². The van der Waals surface area contributed by atoms with E-state index in [-0.39, 0.29) is 0 Å². The fraction of sp³-hybridized carbons (Fsp3) is 0.600. The van der Waals surface area contributed by atoms with Crippen molar-refractivity contribution >= 4 is 0 Å². The second kappa shape index (κ2) is 5.17. The molecule has 4 heteroatoms. The van der Waals surface area contributed by atoms with E-state index in [2.05, 4.69) is 17.3 Å². The van der Waals surface area contributed by atoms with Crippen molar-refractivity contribution in [2.45, 2.75) is 50.4 Å². The summed E-state index contributed by atoms with van der Waals surface area (Å²) in [4.78, 5) is 2.48. The predicted octanol–water partition coefficient (Wildman–Crippen LogP) is 2.68. The molecule has 2 atom stereocenters. The number of hydrogen-bond acceptors (Lipinski definition) is 2. The highest BCUT2D eigenvalue weighted by molar-refractivity contribution is 5.18. The molecule has 2 aliphatic heterocycles. The van der Waals surface area contributed by atoms with Crippen LogP contribution in [-0.2, 0) is 6.54 Å². The monoisotopic (exact) mass is 266 g/mol. The number of piperidine rings is 1. The molecule has 2 fully saturated rings. The summed E-state index contributed by atoms with van der Waals surface area (Å²) in [5, 5.41) is 3.43. The van der Waals surface area contributed by atoms with Gasteiger partial charge in [0.2, 0.25) is 0 Å². The summed E-state index contributed by atoms with van der Waals surface area (Å²) in [5.41, 5.74) is 0.549. The van der Waals surface area contributed by atoms with Gasteiger partial charge in [0, 0.05) is 36.3 Å². The molecule has 2 unspecified atom stereocenters. The van der Waals surface area contributed by atoms with Crippen LogP contribution in [0.25, 0.3) is 0 Å². The van der Waals surface area contributed by atoms with E-state index in [0.717, 1.165) is 18.9 Å². The molecule has 2 bridgehead atoms. The summed E-state index contributed by atoms with van der Waals surface area (Å²) >= 11 is 0. The summed E-state index contributed by atoms with van der Waals surface area (Å²) < 4.78 is 26.4. The first-order valence-corrected chi connectivity index (χ1v) is 7.02. The van der Waals surface area contributed by atoms with E-state index in [9.17, 15) is 8.78 Å². The van der Waals surface area contributed by atoms with Crippen molar-refractivity contribution in [3.05, 3.63) is 35.4 Å². The molecule has 0 amide bonds. The molecule has 0 aliphatic carbocycles. The SMILES string of the molecule is CN1C2CCC1CC(NCc1ccc(F)cc1F)C2. The summed E-state index contributed by atoms with van der Waals surface area (Å²) in [6.07, 6.45) is 4.83. The van der Waals surface area contributed by atoms with Gasteiger partial charge in [-0.3, -0.25) is 0 Å². The minimum atomic E-state index is -0.515. The molecule has 1 aromatic carbocycles. The van der Waals surface area contributed by atoms with Crippen LogP contribution in [-0.4, -0.2) is 30.1 Å². The van der Waals surface area contributed by atoms with Crippen LogP contribution in [0.1, 0.15) is 31.2 Å². The van der Waals surface area contributed by atoms with Gasteiger partial charge in [-0.2, -0.15) is 0 Å². The van der Waals surface area contributed by atoms with Gasteiger partial charge in [-0.1, -0.05) is 6.07 Å². The Kier molecular flexibility index (Phi) is 3.54. The van der Waals surface area contributed by atoms with E-state index < -0.39 is 11.6 Å². The van der Waals surface area contributed by atoms with Gasteiger partial charge >= 0.3 is 0 Å². The third-order valence-corrected chi connectivity index (χ3v) is 4.69. The number of benzene rings is 1. The van der Waals surface area contributed by atoms with Crippen molar-refractivity contribution in [2.75, 3.05) is 7.05 Å². The minimum Gasteiger partial charge on any atom is -0.310 e. The van der Waals surface area contributed by atoms with Gasteiger partial charge in [-0.15, -0.1) is 0 Å². The Morgan fingerprint density at radius 1 is 1.21 bits per heavy atom. The molecular formula is C15H20F2N2. The van der Waals surface area contributed by atoms with E-state index in [4.69, 9.17) is 0 Å². The zero-order chi connectivity index (χ0) is 13.4. The van der Waals surface area contributed by atoms with Gasteiger partial charge in [0.15, 0.2) is 0 Å². The minimum absolute atomic E-state index is 0.455. The molecule has 104 valence electrons. The Balaban J connectivity index is 1.58. The number of fused-ring (bicyclic) bond motifs is 2. The standard InChI is InChI=1S/C15H20F2N2/c1-19-13-4-5-14(19)8-12(7-13)18-9-10-2-3-11(16)6-15(10)17/h2-3,6,12-14,18H,4-5,7-9H2,1H3. The Morgan fingerprint density at radius 3 is 2.53 bits per heavy atom. The summed E-state index contributed by atoms with van der Waals surface area (Å²) in [6, 6.07) is 5.61.